The molecule has 6 N–H and O–H groups in total. The first-order valence-electron chi connectivity index (χ1n) is 10.2. The highest BCUT2D eigenvalue weighted by Crippen LogP contribution is 2.15. The monoisotopic (exact) mass is 396 g/mol. The largest absolute Gasteiger partial charge is 0.397 e. The van der Waals surface area contributed by atoms with Crippen molar-refractivity contribution < 1.29 is 0 Å². The van der Waals surface area contributed by atoms with Gasteiger partial charge in [0.2, 0.25) is 0 Å². The Bertz CT molecular complexity index is 730. The van der Waals surface area contributed by atoms with Crippen LogP contribution in [0.25, 0.3) is 0 Å². The van der Waals surface area contributed by atoms with E-state index in [-0.39, 0.29) is 0 Å². The maximum absolute atomic E-state index is 5.59. The van der Waals surface area contributed by atoms with Crippen molar-refractivity contribution in [1.29, 1.82) is 0 Å². The number of para-hydroxylation sites is 2. The zero-order chi connectivity index (χ0) is 22.1. The molecule has 2 aromatic rings. The SMILES string of the molecule is CC/C(C)=C\C=C(/C)CC.CNc1cccc(C)c1.NCNc1ccccc1N. The number of hydrogen-bond donors (Lipinski definition) is 4. The van der Waals surface area contributed by atoms with Crippen LogP contribution in [0.15, 0.2) is 71.8 Å². The first-order chi connectivity index (χ1) is 13.9. The molecule has 2 aromatic carbocycles. The highest BCUT2D eigenvalue weighted by atomic mass is 15.0. The Morgan fingerprint density at radius 1 is 0.931 bits per heavy atom. The van der Waals surface area contributed by atoms with Crippen LogP contribution < -0.4 is 22.1 Å². The van der Waals surface area contributed by atoms with Crippen molar-refractivity contribution >= 4 is 17.1 Å². The zero-order valence-corrected chi connectivity index (χ0v) is 19.0. The first-order valence-corrected chi connectivity index (χ1v) is 10.2. The minimum absolute atomic E-state index is 0.411. The molecule has 0 heterocycles. The Morgan fingerprint density at radius 3 is 1.93 bits per heavy atom. The van der Waals surface area contributed by atoms with Gasteiger partial charge in [0, 0.05) is 12.7 Å². The van der Waals surface area contributed by atoms with Crippen molar-refractivity contribution in [2.75, 3.05) is 30.1 Å². The Hall–Kier alpha value is -2.72. The van der Waals surface area contributed by atoms with Gasteiger partial charge in [-0.2, -0.15) is 0 Å². The molecule has 2 rings (SSSR count). The zero-order valence-electron chi connectivity index (χ0n) is 19.0. The molecule has 0 aliphatic heterocycles. The van der Waals surface area contributed by atoms with Crippen LogP contribution in [0, 0.1) is 6.92 Å². The van der Waals surface area contributed by atoms with Crippen LogP contribution in [0.3, 0.4) is 0 Å². The van der Waals surface area contributed by atoms with Crippen LogP contribution >= 0.6 is 0 Å². The lowest BCUT2D eigenvalue weighted by Gasteiger charge is -2.04. The lowest BCUT2D eigenvalue weighted by atomic mass is 10.1. The molecule has 0 aromatic heterocycles. The minimum atomic E-state index is 0.411. The Morgan fingerprint density at radius 2 is 1.52 bits per heavy atom. The summed E-state index contributed by atoms with van der Waals surface area (Å²) in [6, 6.07) is 15.8. The van der Waals surface area contributed by atoms with E-state index in [1.165, 1.54) is 22.4 Å². The third kappa shape index (κ3) is 13.1. The molecule has 0 atom stereocenters. The van der Waals surface area contributed by atoms with Gasteiger partial charge < -0.3 is 22.1 Å². The molecule has 4 heteroatoms. The molecule has 29 heavy (non-hydrogen) atoms. The molecule has 0 aliphatic carbocycles. The van der Waals surface area contributed by atoms with E-state index in [9.17, 15) is 0 Å². The highest BCUT2D eigenvalue weighted by molar-refractivity contribution is 5.65. The van der Waals surface area contributed by atoms with Gasteiger partial charge in [0.1, 0.15) is 0 Å². The number of nitrogen functional groups attached to an aromatic ring is 1. The van der Waals surface area contributed by atoms with Gasteiger partial charge >= 0.3 is 0 Å². The fourth-order valence-electron chi connectivity index (χ4n) is 2.09. The summed E-state index contributed by atoms with van der Waals surface area (Å²) in [7, 11) is 1.93. The predicted molar refractivity (Wildman–Crippen MR) is 132 cm³/mol. The van der Waals surface area contributed by atoms with Gasteiger partial charge in [-0.1, -0.05) is 61.4 Å². The number of hydrogen-bond acceptors (Lipinski definition) is 4. The van der Waals surface area contributed by atoms with Crippen molar-refractivity contribution in [3.05, 3.63) is 77.4 Å². The molecule has 160 valence electrons. The lowest BCUT2D eigenvalue weighted by Crippen LogP contribution is -2.11. The van der Waals surface area contributed by atoms with Gasteiger partial charge in [-0.15, -0.1) is 0 Å². The average Bonchev–Trinajstić information content (AvgIpc) is 2.74. The number of aryl methyl sites for hydroxylation is 1. The number of anilines is 3. The minimum Gasteiger partial charge on any atom is -0.397 e. The summed E-state index contributed by atoms with van der Waals surface area (Å²) in [6.07, 6.45) is 6.73. The normalized spacial score (nSPS) is 10.9. The molecule has 0 bridgehead atoms. The second-order valence-corrected chi connectivity index (χ2v) is 6.82. The molecular weight excluding hydrogens is 356 g/mol. The van der Waals surface area contributed by atoms with E-state index in [2.05, 4.69) is 69.5 Å². The van der Waals surface area contributed by atoms with Crippen LogP contribution in [-0.4, -0.2) is 13.7 Å². The summed E-state index contributed by atoms with van der Waals surface area (Å²) in [5.41, 5.74) is 17.8. The topological polar surface area (TPSA) is 76.1 Å². The molecular formula is C25H40N4. The fourth-order valence-corrected chi connectivity index (χ4v) is 2.09. The summed E-state index contributed by atoms with van der Waals surface area (Å²) >= 11 is 0. The van der Waals surface area contributed by atoms with E-state index in [1.807, 2.05) is 43.4 Å². The van der Waals surface area contributed by atoms with Crippen molar-refractivity contribution in [2.24, 2.45) is 5.73 Å². The molecule has 0 saturated heterocycles. The van der Waals surface area contributed by atoms with E-state index in [1.54, 1.807) is 0 Å². The predicted octanol–water partition coefficient (Wildman–Crippen LogP) is 6.33. The van der Waals surface area contributed by atoms with Gasteiger partial charge in [-0.05, 0) is 63.4 Å². The van der Waals surface area contributed by atoms with Gasteiger partial charge in [0.05, 0.1) is 18.0 Å². The maximum atomic E-state index is 5.59. The number of rotatable bonds is 6. The van der Waals surface area contributed by atoms with E-state index < -0.39 is 0 Å². The summed E-state index contributed by atoms with van der Waals surface area (Å²) in [6.45, 7) is 11.2. The average molecular weight is 397 g/mol. The second-order valence-electron chi connectivity index (χ2n) is 6.82. The fraction of sp³-hybridized carbons (Fsp3) is 0.360. The van der Waals surface area contributed by atoms with Crippen molar-refractivity contribution in [2.45, 2.75) is 47.5 Å². The summed E-state index contributed by atoms with van der Waals surface area (Å²) in [4.78, 5) is 0. The van der Waals surface area contributed by atoms with Crippen LogP contribution in [0.1, 0.15) is 46.1 Å². The number of nitrogens with two attached hydrogens (primary N) is 2. The quantitative estimate of drug-likeness (QED) is 0.261. The molecule has 0 fully saturated rings. The standard InChI is InChI=1S/C10H18.C8H11N.C7H11N3/c1-5-9(3)7-8-10(4)6-2;1-7-4-3-5-8(6-7)9-2;8-5-10-7-4-2-1-3-6(7)9/h7-8H,5-6H2,1-4H3;3-6,9H,1-2H3;1-4,10H,5,8-9H2/b9-7-,10-8+;;. The Kier molecular flexibility index (Phi) is 14.7. The van der Waals surface area contributed by atoms with Gasteiger partial charge in [-0.25, -0.2) is 0 Å². The molecule has 0 spiro atoms. The highest BCUT2D eigenvalue weighted by Gasteiger charge is 1.91. The van der Waals surface area contributed by atoms with E-state index in [4.69, 9.17) is 11.5 Å². The molecule has 0 aliphatic rings. The van der Waals surface area contributed by atoms with E-state index >= 15 is 0 Å². The van der Waals surface area contributed by atoms with Gasteiger partial charge in [0.25, 0.3) is 0 Å². The van der Waals surface area contributed by atoms with Crippen molar-refractivity contribution in [3.8, 4) is 0 Å². The number of benzene rings is 2. The molecule has 0 amide bonds. The molecule has 0 unspecified atom stereocenters. The molecule has 4 nitrogen and oxygen atoms in total. The maximum Gasteiger partial charge on any atom is 0.0628 e. The smallest absolute Gasteiger partial charge is 0.0628 e. The van der Waals surface area contributed by atoms with E-state index in [0.717, 1.165) is 24.2 Å². The summed E-state index contributed by atoms with van der Waals surface area (Å²) < 4.78 is 0. The number of nitrogens with one attached hydrogen (secondary N) is 2. The summed E-state index contributed by atoms with van der Waals surface area (Å²) in [5, 5.41) is 6.00. The van der Waals surface area contributed by atoms with Crippen LogP contribution in [-0.2, 0) is 0 Å². The third-order valence-electron chi connectivity index (χ3n) is 4.33. The Labute approximate surface area is 178 Å². The van der Waals surface area contributed by atoms with Crippen LogP contribution in [0.2, 0.25) is 0 Å². The first kappa shape index (κ1) is 26.3. The summed E-state index contributed by atoms with van der Waals surface area (Å²) in [5.74, 6) is 0. The molecule has 0 saturated carbocycles. The lowest BCUT2D eigenvalue weighted by molar-refractivity contribution is 1.08. The number of allylic oxidation sites excluding steroid dienone is 4. The van der Waals surface area contributed by atoms with Crippen LogP contribution in [0.5, 0.6) is 0 Å². The van der Waals surface area contributed by atoms with E-state index in [0.29, 0.717) is 6.67 Å². The third-order valence-corrected chi connectivity index (χ3v) is 4.33. The second kappa shape index (κ2) is 16.3. The van der Waals surface area contributed by atoms with Gasteiger partial charge in [0.15, 0.2) is 0 Å². The van der Waals surface area contributed by atoms with Crippen LogP contribution in [0.4, 0.5) is 17.1 Å². The van der Waals surface area contributed by atoms with Gasteiger partial charge in [-0.3, -0.25) is 0 Å². The molecule has 0 radical (unpaired) electrons. The van der Waals surface area contributed by atoms with Crippen molar-refractivity contribution in [3.63, 3.8) is 0 Å². The Balaban J connectivity index is 0.000000406. The van der Waals surface area contributed by atoms with Crippen molar-refractivity contribution in [1.82, 2.24) is 0 Å².